The SMILES string of the molecule is O=C(Nc1cnoc1)c1cccc(C(F)(F)F)c1F. The molecule has 0 saturated carbocycles. The van der Waals surface area contributed by atoms with Gasteiger partial charge in [0.2, 0.25) is 0 Å². The minimum atomic E-state index is -4.86. The van der Waals surface area contributed by atoms with E-state index >= 15 is 0 Å². The number of nitrogens with one attached hydrogen (secondary N) is 1. The summed E-state index contributed by atoms with van der Waals surface area (Å²) in [4.78, 5) is 11.6. The first-order valence-electron chi connectivity index (χ1n) is 4.96. The number of halogens is 4. The van der Waals surface area contributed by atoms with Gasteiger partial charge in [-0.25, -0.2) is 4.39 Å². The highest BCUT2D eigenvalue weighted by molar-refractivity contribution is 6.04. The Hall–Kier alpha value is -2.38. The summed E-state index contributed by atoms with van der Waals surface area (Å²) in [5, 5.41) is 5.44. The molecule has 0 radical (unpaired) electrons. The van der Waals surface area contributed by atoms with Gasteiger partial charge in [0.1, 0.15) is 17.8 Å². The molecule has 0 aliphatic carbocycles. The van der Waals surface area contributed by atoms with Crippen LogP contribution in [0, 0.1) is 5.82 Å². The largest absolute Gasteiger partial charge is 0.419 e. The fourth-order valence-electron chi connectivity index (χ4n) is 1.39. The van der Waals surface area contributed by atoms with Gasteiger partial charge < -0.3 is 9.84 Å². The molecule has 1 aromatic heterocycles. The summed E-state index contributed by atoms with van der Waals surface area (Å²) in [5.41, 5.74) is -2.09. The first-order chi connectivity index (χ1) is 8.89. The van der Waals surface area contributed by atoms with Gasteiger partial charge in [0.05, 0.1) is 17.3 Å². The average Bonchev–Trinajstić information content (AvgIpc) is 2.80. The lowest BCUT2D eigenvalue weighted by atomic mass is 10.1. The molecule has 8 heteroatoms. The fourth-order valence-corrected chi connectivity index (χ4v) is 1.39. The van der Waals surface area contributed by atoms with Gasteiger partial charge in [-0.05, 0) is 12.1 Å². The summed E-state index contributed by atoms with van der Waals surface area (Å²) in [6.45, 7) is 0. The Morgan fingerprint density at radius 2 is 2.05 bits per heavy atom. The third kappa shape index (κ3) is 2.72. The summed E-state index contributed by atoms with van der Waals surface area (Å²) < 4.78 is 55.5. The first kappa shape index (κ1) is 13.1. The van der Waals surface area contributed by atoms with E-state index in [9.17, 15) is 22.4 Å². The predicted octanol–water partition coefficient (Wildman–Crippen LogP) is 3.08. The second-order valence-electron chi connectivity index (χ2n) is 3.53. The van der Waals surface area contributed by atoms with Crippen LogP contribution in [0.4, 0.5) is 23.2 Å². The second-order valence-corrected chi connectivity index (χ2v) is 3.53. The molecule has 0 atom stereocenters. The molecule has 0 aliphatic rings. The zero-order valence-corrected chi connectivity index (χ0v) is 9.16. The highest BCUT2D eigenvalue weighted by Gasteiger charge is 2.35. The number of rotatable bonds is 2. The van der Waals surface area contributed by atoms with Crippen LogP contribution in [0.3, 0.4) is 0 Å². The van der Waals surface area contributed by atoms with Crippen molar-refractivity contribution in [1.29, 1.82) is 0 Å². The highest BCUT2D eigenvalue weighted by atomic mass is 19.4. The van der Waals surface area contributed by atoms with E-state index in [1.54, 1.807) is 0 Å². The molecule has 4 nitrogen and oxygen atoms in total. The van der Waals surface area contributed by atoms with Crippen LogP contribution in [-0.2, 0) is 6.18 Å². The predicted molar refractivity (Wildman–Crippen MR) is 55.9 cm³/mol. The Bertz CT molecular complexity index is 593. The maximum atomic E-state index is 13.6. The van der Waals surface area contributed by atoms with Gasteiger partial charge in [0.15, 0.2) is 0 Å². The van der Waals surface area contributed by atoms with Crippen LogP contribution >= 0.6 is 0 Å². The molecule has 1 N–H and O–H groups in total. The van der Waals surface area contributed by atoms with Crippen LogP contribution in [0.25, 0.3) is 0 Å². The Kier molecular flexibility index (Phi) is 3.24. The van der Waals surface area contributed by atoms with E-state index in [1.165, 1.54) is 0 Å². The lowest BCUT2D eigenvalue weighted by Gasteiger charge is -2.10. The van der Waals surface area contributed by atoms with E-state index in [4.69, 9.17) is 0 Å². The zero-order valence-electron chi connectivity index (χ0n) is 9.16. The molecule has 1 aromatic carbocycles. The van der Waals surface area contributed by atoms with E-state index in [-0.39, 0.29) is 5.69 Å². The number of benzene rings is 1. The molecule has 19 heavy (non-hydrogen) atoms. The molecule has 100 valence electrons. The maximum Gasteiger partial charge on any atom is 0.419 e. The van der Waals surface area contributed by atoms with Crippen molar-refractivity contribution in [3.8, 4) is 0 Å². The molecule has 1 amide bonds. The van der Waals surface area contributed by atoms with E-state index in [2.05, 4.69) is 15.0 Å². The van der Waals surface area contributed by atoms with Crippen molar-refractivity contribution in [1.82, 2.24) is 5.16 Å². The van der Waals surface area contributed by atoms with E-state index in [0.717, 1.165) is 24.6 Å². The van der Waals surface area contributed by atoms with E-state index in [1.807, 2.05) is 0 Å². The lowest BCUT2D eigenvalue weighted by Crippen LogP contribution is -2.17. The third-order valence-corrected chi connectivity index (χ3v) is 2.24. The summed E-state index contributed by atoms with van der Waals surface area (Å²) >= 11 is 0. The Balaban J connectivity index is 2.33. The standard InChI is InChI=1S/C11H6F4N2O2/c12-9-7(2-1-3-8(9)11(13,14)15)10(18)17-6-4-16-19-5-6/h1-5H,(H,17,18). The molecule has 1 heterocycles. The van der Waals surface area contributed by atoms with Gasteiger partial charge >= 0.3 is 6.18 Å². The topological polar surface area (TPSA) is 55.1 Å². The molecule has 0 unspecified atom stereocenters. The maximum absolute atomic E-state index is 13.6. The van der Waals surface area contributed by atoms with Gasteiger partial charge in [-0.3, -0.25) is 4.79 Å². The third-order valence-electron chi connectivity index (χ3n) is 2.24. The van der Waals surface area contributed by atoms with E-state index in [0.29, 0.717) is 6.07 Å². The van der Waals surface area contributed by atoms with Gasteiger partial charge in [0, 0.05) is 0 Å². The number of hydrogen-bond acceptors (Lipinski definition) is 3. The van der Waals surface area contributed by atoms with Crippen LogP contribution in [-0.4, -0.2) is 11.1 Å². The van der Waals surface area contributed by atoms with Gasteiger partial charge in [-0.1, -0.05) is 11.2 Å². The van der Waals surface area contributed by atoms with Crippen LogP contribution in [0.5, 0.6) is 0 Å². The summed E-state index contributed by atoms with van der Waals surface area (Å²) in [5.74, 6) is -2.64. The van der Waals surface area contributed by atoms with Crippen LogP contribution in [0.15, 0.2) is 35.2 Å². The number of amides is 1. The molecule has 2 aromatic rings. The highest BCUT2D eigenvalue weighted by Crippen LogP contribution is 2.32. The number of carbonyl (C=O) groups is 1. The summed E-state index contributed by atoms with van der Waals surface area (Å²) in [7, 11) is 0. The van der Waals surface area contributed by atoms with Crippen molar-refractivity contribution in [3.05, 3.63) is 47.6 Å². The van der Waals surface area contributed by atoms with Crippen molar-refractivity contribution in [2.45, 2.75) is 6.18 Å². The molecule has 0 spiro atoms. The Morgan fingerprint density at radius 1 is 1.32 bits per heavy atom. The monoisotopic (exact) mass is 274 g/mol. The molecule has 0 fully saturated rings. The number of aromatic nitrogens is 1. The van der Waals surface area contributed by atoms with Crippen molar-refractivity contribution in [2.24, 2.45) is 0 Å². The van der Waals surface area contributed by atoms with Crippen molar-refractivity contribution >= 4 is 11.6 Å². The Morgan fingerprint density at radius 3 is 2.63 bits per heavy atom. The Labute approximate surface area is 104 Å². The van der Waals surface area contributed by atoms with Gasteiger partial charge in [-0.2, -0.15) is 13.2 Å². The lowest BCUT2D eigenvalue weighted by molar-refractivity contribution is -0.140. The fraction of sp³-hybridized carbons (Fsp3) is 0.0909. The van der Waals surface area contributed by atoms with Crippen LogP contribution in [0.2, 0.25) is 0 Å². The van der Waals surface area contributed by atoms with E-state index < -0.39 is 29.0 Å². The number of carbonyl (C=O) groups excluding carboxylic acids is 1. The van der Waals surface area contributed by atoms with Gasteiger partial charge in [0.25, 0.3) is 5.91 Å². The van der Waals surface area contributed by atoms with Gasteiger partial charge in [-0.15, -0.1) is 0 Å². The summed E-state index contributed by atoms with van der Waals surface area (Å²) in [6.07, 6.45) is -2.68. The van der Waals surface area contributed by atoms with Crippen LogP contribution < -0.4 is 5.32 Å². The number of hydrogen-bond donors (Lipinski definition) is 1. The first-order valence-corrected chi connectivity index (χ1v) is 4.96. The normalized spacial score (nSPS) is 11.4. The minimum absolute atomic E-state index is 0.113. The number of alkyl halides is 3. The van der Waals surface area contributed by atoms with Crippen molar-refractivity contribution < 1.29 is 26.9 Å². The summed E-state index contributed by atoms with van der Waals surface area (Å²) in [6, 6.07) is 2.47. The molecule has 2 rings (SSSR count). The molecule has 0 bridgehead atoms. The molecular weight excluding hydrogens is 268 g/mol. The van der Waals surface area contributed by atoms with Crippen LogP contribution in [0.1, 0.15) is 15.9 Å². The van der Waals surface area contributed by atoms with Crippen molar-refractivity contribution in [2.75, 3.05) is 5.32 Å². The number of nitrogens with zero attached hydrogens (tertiary/aromatic N) is 1. The number of anilines is 1. The molecule has 0 saturated heterocycles. The quantitative estimate of drug-likeness (QED) is 0.856. The average molecular weight is 274 g/mol. The zero-order chi connectivity index (χ0) is 14.0. The second kappa shape index (κ2) is 4.71. The molecule has 0 aliphatic heterocycles. The minimum Gasteiger partial charge on any atom is -0.363 e. The van der Waals surface area contributed by atoms with Crippen molar-refractivity contribution in [3.63, 3.8) is 0 Å². The molecular formula is C11H6F4N2O2. The smallest absolute Gasteiger partial charge is 0.363 e.